The van der Waals surface area contributed by atoms with Gasteiger partial charge in [-0.3, -0.25) is 4.79 Å². The molecule has 8 nitrogen and oxygen atoms in total. The molecular formula is C24H22N4O4S. The van der Waals surface area contributed by atoms with E-state index in [-0.39, 0.29) is 10.8 Å². The number of carbonyl (C=O) groups excluding carboxylic acids is 2. The van der Waals surface area contributed by atoms with Gasteiger partial charge in [0.25, 0.3) is 5.91 Å². The fourth-order valence-corrected chi connectivity index (χ4v) is 6.04. The number of hydrogen-bond acceptors (Lipinski definition) is 5. The van der Waals surface area contributed by atoms with Crippen molar-refractivity contribution in [1.82, 2.24) is 10.6 Å². The van der Waals surface area contributed by atoms with E-state index >= 15 is 0 Å². The Kier molecular flexibility index (Phi) is 5.05. The van der Waals surface area contributed by atoms with E-state index in [1.165, 1.54) is 6.07 Å². The molecule has 0 saturated carbocycles. The Hall–Kier alpha value is -3.85. The van der Waals surface area contributed by atoms with Crippen molar-refractivity contribution in [2.45, 2.75) is 22.7 Å². The predicted molar refractivity (Wildman–Crippen MR) is 125 cm³/mol. The number of benzene rings is 3. The number of fused-ring (bicyclic) bond motifs is 1. The minimum Gasteiger partial charge on any atom is -0.399 e. The molecule has 0 radical (unpaired) electrons. The van der Waals surface area contributed by atoms with E-state index in [2.05, 4.69) is 10.6 Å². The van der Waals surface area contributed by atoms with Gasteiger partial charge in [-0.2, -0.15) is 0 Å². The fraction of sp³-hybridized carbons (Fsp3) is 0.167. The van der Waals surface area contributed by atoms with Crippen LogP contribution in [0.2, 0.25) is 0 Å². The van der Waals surface area contributed by atoms with Gasteiger partial charge in [0.1, 0.15) is 0 Å². The Morgan fingerprint density at radius 2 is 1.70 bits per heavy atom. The molecule has 1 fully saturated rings. The summed E-state index contributed by atoms with van der Waals surface area (Å²) in [5.74, 6) is -0.166. The lowest BCUT2D eigenvalue weighted by Gasteiger charge is -2.20. The lowest BCUT2D eigenvalue weighted by atomic mass is 10.1. The fourth-order valence-electron chi connectivity index (χ4n) is 4.34. The minimum absolute atomic E-state index is 0.109. The van der Waals surface area contributed by atoms with Gasteiger partial charge in [-0.15, -0.1) is 0 Å². The minimum atomic E-state index is -3.90. The van der Waals surface area contributed by atoms with Crippen LogP contribution in [0.3, 0.4) is 0 Å². The quantitative estimate of drug-likeness (QED) is 0.515. The van der Waals surface area contributed by atoms with Gasteiger partial charge in [-0.05, 0) is 60.0 Å². The summed E-state index contributed by atoms with van der Waals surface area (Å²) in [6.45, 7) is 0.455. The van der Waals surface area contributed by atoms with E-state index in [1.807, 2.05) is 6.07 Å². The van der Waals surface area contributed by atoms with Gasteiger partial charge in [-0.25, -0.2) is 13.2 Å². The number of hydrogen-bond donors (Lipinski definition) is 3. The maximum Gasteiger partial charge on any atom is 0.316 e. The van der Waals surface area contributed by atoms with Gasteiger partial charge in [0.05, 0.1) is 10.9 Å². The molecular weight excluding hydrogens is 440 g/mol. The van der Waals surface area contributed by atoms with Crippen LogP contribution < -0.4 is 21.3 Å². The number of nitrogens with two attached hydrogens (primary N) is 1. The lowest BCUT2D eigenvalue weighted by Crippen LogP contribution is -2.36. The van der Waals surface area contributed by atoms with Gasteiger partial charge >= 0.3 is 6.03 Å². The Bertz CT molecular complexity index is 1340. The second-order valence-corrected chi connectivity index (χ2v) is 10.2. The Morgan fingerprint density at radius 3 is 2.42 bits per heavy atom. The maximum atomic E-state index is 13.5. The molecule has 0 bridgehead atoms. The first kappa shape index (κ1) is 21.0. The molecule has 2 unspecified atom stereocenters. The molecule has 168 valence electrons. The number of amides is 3. The predicted octanol–water partition coefficient (Wildman–Crippen LogP) is 2.63. The third-order valence-corrected chi connectivity index (χ3v) is 8.00. The van der Waals surface area contributed by atoms with Gasteiger partial charge in [0.15, 0.2) is 5.37 Å². The van der Waals surface area contributed by atoms with Gasteiger partial charge in [0.2, 0.25) is 9.84 Å². The number of nitrogen functional groups attached to an aromatic ring is 1. The van der Waals surface area contributed by atoms with E-state index in [0.29, 0.717) is 35.5 Å². The van der Waals surface area contributed by atoms with E-state index in [1.54, 1.807) is 65.6 Å². The topological polar surface area (TPSA) is 122 Å². The smallest absolute Gasteiger partial charge is 0.316 e. The van der Waals surface area contributed by atoms with E-state index in [0.717, 1.165) is 5.56 Å². The van der Waals surface area contributed by atoms with E-state index in [4.69, 9.17) is 5.73 Å². The molecule has 3 aromatic carbocycles. The number of carbonyl (C=O) groups is 2. The van der Waals surface area contributed by atoms with Crippen LogP contribution in [0.25, 0.3) is 0 Å². The van der Waals surface area contributed by atoms with Crippen LogP contribution in [0.1, 0.15) is 27.5 Å². The van der Waals surface area contributed by atoms with Crippen LogP contribution in [0, 0.1) is 0 Å². The summed E-state index contributed by atoms with van der Waals surface area (Å²) in [7, 11) is -3.90. The first-order chi connectivity index (χ1) is 15.8. The molecule has 33 heavy (non-hydrogen) atoms. The molecule has 0 aromatic heterocycles. The summed E-state index contributed by atoms with van der Waals surface area (Å²) >= 11 is 0. The van der Waals surface area contributed by atoms with Crippen molar-refractivity contribution in [3.8, 4) is 0 Å². The van der Waals surface area contributed by atoms with Crippen molar-refractivity contribution in [1.29, 1.82) is 0 Å². The average Bonchev–Trinajstić information content (AvgIpc) is 3.43. The number of sulfone groups is 1. The van der Waals surface area contributed by atoms with E-state index < -0.39 is 27.3 Å². The van der Waals surface area contributed by atoms with Crippen molar-refractivity contribution < 1.29 is 18.0 Å². The lowest BCUT2D eigenvalue weighted by molar-refractivity contribution is 0.0989. The largest absolute Gasteiger partial charge is 0.399 e. The second-order valence-electron chi connectivity index (χ2n) is 8.09. The molecule has 1 saturated heterocycles. The number of rotatable bonds is 4. The van der Waals surface area contributed by atoms with Crippen molar-refractivity contribution in [3.63, 3.8) is 0 Å². The molecule has 2 atom stereocenters. The monoisotopic (exact) mass is 462 g/mol. The van der Waals surface area contributed by atoms with Crippen LogP contribution >= 0.6 is 0 Å². The van der Waals surface area contributed by atoms with Crippen molar-refractivity contribution >= 4 is 33.2 Å². The van der Waals surface area contributed by atoms with Crippen molar-refractivity contribution in [2.75, 3.05) is 17.2 Å². The summed E-state index contributed by atoms with van der Waals surface area (Å²) in [5.41, 5.74) is 8.95. The first-order valence-corrected chi connectivity index (χ1v) is 12.1. The average molecular weight is 463 g/mol. The zero-order chi connectivity index (χ0) is 23.2. The summed E-state index contributed by atoms with van der Waals surface area (Å²) < 4.78 is 27.0. The highest BCUT2D eigenvalue weighted by molar-refractivity contribution is 7.92. The standard InChI is InChI=1S/C24H22N4O4S/c25-18-8-6-16(7-9-18)23(29)28-13-12-17-14-19(10-11-20(17)28)33(31,32)22-21(26-24(30)27-22)15-4-2-1-3-5-15/h1-11,14,21-22H,12-13,25H2,(H2,26,27,30). The Balaban J connectivity index is 1.45. The highest BCUT2D eigenvalue weighted by atomic mass is 32.2. The van der Waals surface area contributed by atoms with Crippen LogP contribution in [0.4, 0.5) is 16.2 Å². The molecule has 9 heteroatoms. The van der Waals surface area contributed by atoms with Crippen LogP contribution in [0.15, 0.2) is 77.7 Å². The number of nitrogens with one attached hydrogen (secondary N) is 2. The number of anilines is 2. The Morgan fingerprint density at radius 1 is 0.970 bits per heavy atom. The SMILES string of the molecule is Nc1ccc(C(=O)N2CCc3cc(S(=O)(=O)C4NC(=O)NC4c4ccccc4)ccc32)cc1. The van der Waals surface area contributed by atoms with Gasteiger partial charge in [-0.1, -0.05) is 30.3 Å². The zero-order valence-electron chi connectivity index (χ0n) is 17.6. The molecule has 3 aromatic rings. The molecule has 3 amide bonds. The number of urea groups is 1. The van der Waals surface area contributed by atoms with Crippen LogP contribution in [-0.2, 0) is 16.3 Å². The summed E-state index contributed by atoms with van der Waals surface area (Å²) in [5, 5.41) is 4.11. The summed E-state index contributed by atoms with van der Waals surface area (Å²) in [6, 6.07) is 19.2. The van der Waals surface area contributed by atoms with Gasteiger partial charge < -0.3 is 21.3 Å². The summed E-state index contributed by atoms with van der Waals surface area (Å²) in [6.07, 6.45) is 0.538. The normalized spacial score (nSPS) is 19.6. The maximum absolute atomic E-state index is 13.5. The van der Waals surface area contributed by atoms with Crippen LogP contribution in [-0.4, -0.2) is 32.3 Å². The van der Waals surface area contributed by atoms with Crippen LogP contribution in [0.5, 0.6) is 0 Å². The highest BCUT2D eigenvalue weighted by Crippen LogP contribution is 2.34. The molecule has 2 heterocycles. The zero-order valence-corrected chi connectivity index (χ0v) is 18.4. The van der Waals surface area contributed by atoms with Crippen molar-refractivity contribution in [2.24, 2.45) is 0 Å². The molecule has 5 rings (SSSR count). The third-order valence-electron chi connectivity index (χ3n) is 6.03. The first-order valence-electron chi connectivity index (χ1n) is 10.5. The third kappa shape index (κ3) is 3.70. The molecule has 2 aliphatic rings. The van der Waals surface area contributed by atoms with E-state index in [9.17, 15) is 18.0 Å². The molecule has 0 spiro atoms. The molecule has 0 aliphatic carbocycles. The summed E-state index contributed by atoms with van der Waals surface area (Å²) in [4.78, 5) is 26.7. The molecule has 2 aliphatic heterocycles. The molecule has 4 N–H and O–H groups in total. The Labute approximate surface area is 191 Å². The number of nitrogens with zero attached hydrogens (tertiary/aromatic N) is 1. The van der Waals surface area contributed by atoms with Gasteiger partial charge in [0, 0.05) is 23.5 Å². The highest BCUT2D eigenvalue weighted by Gasteiger charge is 2.43. The second kappa shape index (κ2) is 7.93. The van der Waals surface area contributed by atoms with Crippen molar-refractivity contribution in [3.05, 3.63) is 89.5 Å².